The summed E-state index contributed by atoms with van der Waals surface area (Å²) in [6, 6.07) is 2.81. The average Bonchev–Trinajstić information content (AvgIpc) is 2.37. The lowest BCUT2D eigenvalue weighted by atomic mass is 10.1. The zero-order valence-corrected chi connectivity index (χ0v) is 10.0. The number of hydrogen-bond acceptors (Lipinski definition) is 6. The topological polar surface area (TPSA) is 153 Å². The van der Waals surface area contributed by atoms with Crippen LogP contribution in [0, 0.1) is 10.1 Å². The molecule has 9 heteroatoms. The maximum atomic E-state index is 11.7. The first-order valence-electron chi connectivity index (χ1n) is 5.22. The predicted molar refractivity (Wildman–Crippen MR) is 67.0 cm³/mol. The van der Waals surface area contributed by atoms with Gasteiger partial charge >= 0.3 is 0 Å². The van der Waals surface area contributed by atoms with Crippen LogP contribution in [0.5, 0.6) is 0 Å². The third-order valence-electron chi connectivity index (χ3n) is 2.39. The Bertz CT molecular complexity index is 531. The van der Waals surface area contributed by atoms with Gasteiger partial charge in [-0.05, 0) is 19.1 Å². The molecule has 0 bridgehead atoms. The van der Waals surface area contributed by atoms with Crippen LogP contribution in [-0.4, -0.2) is 22.8 Å². The van der Waals surface area contributed by atoms with Crippen LogP contribution in [0.2, 0.25) is 0 Å². The molecule has 2 amide bonds. The molecule has 0 radical (unpaired) electrons. The molecular weight excluding hydrogens is 254 g/mol. The summed E-state index contributed by atoms with van der Waals surface area (Å²) in [4.78, 5) is 32.7. The molecule has 0 saturated carbocycles. The maximum Gasteiger partial charge on any atom is 0.294 e. The number of benzene rings is 1. The van der Waals surface area contributed by atoms with Crippen LogP contribution in [0.4, 0.5) is 11.4 Å². The van der Waals surface area contributed by atoms with Gasteiger partial charge in [0.05, 0.1) is 4.92 Å². The fourth-order valence-electron chi connectivity index (χ4n) is 1.30. The molecule has 1 aromatic carbocycles. The molecule has 9 nitrogen and oxygen atoms in total. The molecule has 0 saturated heterocycles. The first kappa shape index (κ1) is 14.4. The zero-order valence-electron chi connectivity index (χ0n) is 10.0. The Morgan fingerprint density at radius 1 is 1.42 bits per heavy atom. The Morgan fingerprint density at radius 3 is 2.53 bits per heavy atom. The number of nitro benzene ring substituents is 1. The minimum atomic E-state index is -0.876. The van der Waals surface area contributed by atoms with Gasteiger partial charge in [0, 0.05) is 11.6 Å². The van der Waals surface area contributed by atoms with Gasteiger partial charge in [-0.25, -0.2) is 0 Å². The Kier molecular flexibility index (Phi) is 4.37. The molecule has 19 heavy (non-hydrogen) atoms. The van der Waals surface area contributed by atoms with E-state index in [1.807, 2.05) is 0 Å². The number of rotatable bonds is 5. The molecular formula is C10H13N5O4. The van der Waals surface area contributed by atoms with E-state index in [9.17, 15) is 19.7 Å². The van der Waals surface area contributed by atoms with Crippen LogP contribution in [0.25, 0.3) is 0 Å². The second-order valence-corrected chi connectivity index (χ2v) is 3.73. The normalized spacial score (nSPS) is 11.5. The molecule has 0 aromatic heterocycles. The summed E-state index contributed by atoms with van der Waals surface area (Å²) in [6.07, 6.45) is 0. The largest absolute Gasteiger partial charge is 0.368 e. The van der Waals surface area contributed by atoms with Crippen LogP contribution in [-0.2, 0) is 4.79 Å². The summed E-state index contributed by atoms with van der Waals surface area (Å²) in [5.74, 6) is 3.77. The van der Waals surface area contributed by atoms with Gasteiger partial charge in [0.1, 0.15) is 11.7 Å². The van der Waals surface area contributed by atoms with Crippen LogP contribution < -0.4 is 22.3 Å². The number of carbonyl (C=O) groups is 2. The molecule has 102 valence electrons. The number of hydrazine groups is 1. The van der Waals surface area contributed by atoms with E-state index in [4.69, 9.17) is 11.6 Å². The highest BCUT2D eigenvalue weighted by Crippen LogP contribution is 2.24. The van der Waals surface area contributed by atoms with Crippen molar-refractivity contribution in [3.05, 3.63) is 33.9 Å². The van der Waals surface area contributed by atoms with Crippen LogP contribution in [0.15, 0.2) is 18.2 Å². The van der Waals surface area contributed by atoms with Gasteiger partial charge in [0.25, 0.3) is 11.6 Å². The van der Waals surface area contributed by atoms with E-state index in [1.54, 1.807) is 0 Å². The van der Waals surface area contributed by atoms with Gasteiger partial charge in [-0.1, -0.05) is 0 Å². The predicted octanol–water partition coefficient (Wildman–Crippen LogP) is -0.516. The maximum absolute atomic E-state index is 11.7. The van der Waals surface area contributed by atoms with Crippen molar-refractivity contribution in [2.45, 2.75) is 13.0 Å². The minimum absolute atomic E-state index is 0.0267. The smallest absolute Gasteiger partial charge is 0.294 e. The van der Waals surface area contributed by atoms with Crippen molar-refractivity contribution >= 4 is 23.2 Å². The van der Waals surface area contributed by atoms with Crippen LogP contribution in [0.3, 0.4) is 0 Å². The monoisotopic (exact) mass is 267 g/mol. The molecule has 0 aliphatic rings. The highest BCUT2D eigenvalue weighted by molar-refractivity contribution is 5.98. The van der Waals surface area contributed by atoms with E-state index in [1.165, 1.54) is 19.1 Å². The average molecular weight is 267 g/mol. The summed E-state index contributed by atoms with van der Waals surface area (Å²) in [5.41, 5.74) is 6.91. The quantitative estimate of drug-likeness (QED) is 0.320. The highest BCUT2D eigenvalue weighted by Gasteiger charge is 2.19. The van der Waals surface area contributed by atoms with Crippen molar-refractivity contribution < 1.29 is 14.5 Å². The fraction of sp³-hybridized carbons (Fsp3) is 0.200. The molecule has 0 spiro atoms. The SMILES string of the molecule is CC(NC(=O)c1ccc(NN)c([N+](=O)[O-])c1)C(N)=O. The van der Waals surface area contributed by atoms with Gasteiger partial charge in [0.2, 0.25) is 5.91 Å². The Morgan fingerprint density at radius 2 is 2.05 bits per heavy atom. The number of primary amides is 1. The van der Waals surface area contributed by atoms with E-state index < -0.39 is 22.8 Å². The number of nitrogens with zero attached hydrogens (tertiary/aromatic N) is 1. The molecule has 0 fully saturated rings. The molecule has 1 unspecified atom stereocenters. The summed E-state index contributed by atoms with van der Waals surface area (Å²) in [5, 5.41) is 13.1. The second kappa shape index (κ2) is 5.78. The number of hydrogen-bond donors (Lipinski definition) is 4. The van der Waals surface area contributed by atoms with E-state index in [0.29, 0.717) is 0 Å². The Labute approximate surface area is 108 Å². The molecule has 0 aliphatic heterocycles. The number of amides is 2. The molecule has 1 atom stereocenters. The molecule has 1 aromatic rings. The standard InChI is InChI=1S/C10H13N5O4/c1-5(9(11)16)13-10(17)6-2-3-7(14-12)8(4-6)15(18)19/h2-5,14H,12H2,1H3,(H2,11,16)(H,13,17). The van der Waals surface area contributed by atoms with Crippen LogP contribution in [0.1, 0.15) is 17.3 Å². The number of nitrogens with two attached hydrogens (primary N) is 2. The molecule has 0 aliphatic carbocycles. The van der Waals surface area contributed by atoms with Crippen molar-refractivity contribution in [3.63, 3.8) is 0 Å². The Balaban J connectivity index is 3.02. The first-order valence-corrected chi connectivity index (χ1v) is 5.22. The number of nitrogens with one attached hydrogen (secondary N) is 2. The third kappa shape index (κ3) is 3.39. The summed E-state index contributed by atoms with van der Waals surface area (Å²) >= 11 is 0. The van der Waals surface area contributed by atoms with E-state index in [2.05, 4.69) is 10.7 Å². The van der Waals surface area contributed by atoms with Gasteiger partial charge in [0.15, 0.2) is 0 Å². The number of carbonyl (C=O) groups excluding carboxylic acids is 2. The highest BCUT2D eigenvalue weighted by atomic mass is 16.6. The van der Waals surface area contributed by atoms with Crippen molar-refractivity contribution in [1.29, 1.82) is 0 Å². The third-order valence-corrected chi connectivity index (χ3v) is 2.39. The number of nitrogen functional groups attached to an aromatic ring is 1. The fourth-order valence-corrected chi connectivity index (χ4v) is 1.30. The van der Waals surface area contributed by atoms with Crippen molar-refractivity contribution in [2.24, 2.45) is 11.6 Å². The second-order valence-electron chi connectivity index (χ2n) is 3.73. The van der Waals surface area contributed by atoms with Crippen molar-refractivity contribution in [3.8, 4) is 0 Å². The van der Waals surface area contributed by atoms with Gasteiger partial charge in [-0.3, -0.25) is 25.5 Å². The lowest BCUT2D eigenvalue weighted by Gasteiger charge is -2.10. The van der Waals surface area contributed by atoms with Gasteiger partial charge in [-0.15, -0.1) is 0 Å². The lowest BCUT2D eigenvalue weighted by Crippen LogP contribution is -2.42. The molecule has 0 heterocycles. The van der Waals surface area contributed by atoms with E-state index in [-0.39, 0.29) is 16.9 Å². The lowest BCUT2D eigenvalue weighted by molar-refractivity contribution is -0.384. The summed E-state index contributed by atoms with van der Waals surface area (Å²) < 4.78 is 0. The first-order chi connectivity index (χ1) is 8.86. The van der Waals surface area contributed by atoms with E-state index >= 15 is 0 Å². The van der Waals surface area contributed by atoms with Crippen molar-refractivity contribution in [1.82, 2.24) is 5.32 Å². The van der Waals surface area contributed by atoms with Gasteiger partial charge in [-0.2, -0.15) is 0 Å². The zero-order chi connectivity index (χ0) is 14.6. The van der Waals surface area contributed by atoms with Crippen LogP contribution >= 0.6 is 0 Å². The molecule has 1 rings (SSSR count). The van der Waals surface area contributed by atoms with Gasteiger partial charge < -0.3 is 16.5 Å². The minimum Gasteiger partial charge on any atom is -0.368 e. The number of nitro groups is 1. The summed E-state index contributed by atoms with van der Waals surface area (Å²) in [6.45, 7) is 1.41. The van der Waals surface area contributed by atoms with E-state index in [0.717, 1.165) is 6.07 Å². The van der Waals surface area contributed by atoms with Crippen molar-refractivity contribution in [2.75, 3.05) is 5.43 Å². The number of anilines is 1. The molecule has 6 N–H and O–H groups in total. The Hall–Kier alpha value is -2.68. The summed E-state index contributed by atoms with van der Waals surface area (Å²) in [7, 11) is 0.